The molecule has 0 atom stereocenters. The second kappa shape index (κ2) is 8.91. The first kappa shape index (κ1) is 19.2. The fourth-order valence-corrected chi connectivity index (χ4v) is 3.64. The van der Waals surface area contributed by atoms with Gasteiger partial charge in [-0.25, -0.2) is 9.97 Å². The monoisotopic (exact) mass is 392 g/mol. The number of hydrogen-bond donors (Lipinski definition) is 0. The van der Waals surface area contributed by atoms with E-state index in [0.717, 1.165) is 43.7 Å². The van der Waals surface area contributed by atoms with E-state index in [4.69, 9.17) is 4.74 Å². The van der Waals surface area contributed by atoms with Gasteiger partial charge in [-0.15, -0.1) is 0 Å². The van der Waals surface area contributed by atoms with E-state index in [1.165, 1.54) is 0 Å². The normalized spacial score (nSPS) is 15.3. The molecule has 0 radical (unpaired) electrons. The Balaban J connectivity index is 1.33. The minimum absolute atomic E-state index is 0.0117. The smallest absolute Gasteiger partial charge is 0.316 e. The van der Waals surface area contributed by atoms with E-state index in [1.807, 2.05) is 18.2 Å². The van der Waals surface area contributed by atoms with E-state index < -0.39 is 0 Å². The molecule has 1 aliphatic rings. The highest BCUT2D eigenvalue weighted by molar-refractivity contribution is 5.57. The molecule has 4 rings (SSSR count). The lowest BCUT2D eigenvalue weighted by Gasteiger charge is -2.31. The lowest BCUT2D eigenvalue weighted by molar-refractivity contribution is 0.164. The van der Waals surface area contributed by atoms with Crippen molar-refractivity contribution in [2.45, 2.75) is 25.9 Å². The van der Waals surface area contributed by atoms with Crippen LogP contribution >= 0.6 is 0 Å². The van der Waals surface area contributed by atoms with Crippen LogP contribution in [0.15, 0.2) is 54.0 Å². The molecule has 8 nitrogen and oxygen atoms in total. The molecule has 4 heterocycles. The summed E-state index contributed by atoms with van der Waals surface area (Å²) in [4.78, 5) is 31.8. The molecule has 1 aliphatic heterocycles. The molecule has 0 aliphatic carbocycles. The van der Waals surface area contributed by atoms with Gasteiger partial charge in [0.15, 0.2) is 0 Å². The first-order chi connectivity index (χ1) is 14.2. The molecule has 150 valence electrons. The zero-order chi connectivity index (χ0) is 20.1. The second-order valence-electron chi connectivity index (χ2n) is 7.25. The first-order valence-electron chi connectivity index (χ1n) is 9.76. The molecule has 1 saturated heterocycles. The number of ether oxygens (including phenoxy) is 1. The first-order valence-corrected chi connectivity index (χ1v) is 9.76. The second-order valence-corrected chi connectivity index (χ2v) is 7.25. The molecule has 3 aromatic heterocycles. The van der Waals surface area contributed by atoms with Crippen LogP contribution in [0.4, 0.5) is 0 Å². The molecule has 0 bridgehead atoms. The van der Waals surface area contributed by atoms with Gasteiger partial charge in [0, 0.05) is 43.3 Å². The summed E-state index contributed by atoms with van der Waals surface area (Å²) < 4.78 is 6.82. The van der Waals surface area contributed by atoms with Gasteiger partial charge in [-0.05, 0) is 50.0 Å². The summed E-state index contributed by atoms with van der Waals surface area (Å²) in [7, 11) is 1.57. The van der Waals surface area contributed by atoms with E-state index >= 15 is 0 Å². The van der Waals surface area contributed by atoms with E-state index in [9.17, 15) is 4.79 Å². The number of methoxy groups -OCH3 is 1. The SMILES string of the molecule is COc1nccc(CN2CCC(Cn3cnc(-c4ccncc4)cc3=O)CC2)n1. The van der Waals surface area contributed by atoms with Gasteiger partial charge >= 0.3 is 6.01 Å². The highest BCUT2D eigenvalue weighted by atomic mass is 16.5. The van der Waals surface area contributed by atoms with Gasteiger partial charge in [-0.2, -0.15) is 4.98 Å². The van der Waals surface area contributed by atoms with Gasteiger partial charge in [-0.1, -0.05) is 0 Å². The number of piperidine rings is 1. The molecule has 0 saturated carbocycles. The number of aromatic nitrogens is 5. The van der Waals surface area contributed by atoms with Crippen LogP contribution in [0.3, 0.4) is 0 Å². The summed E-state index contributed by atoms with van der Waals surface area (Å²) in [5.41, 5.74) is 2.53. The Labute approximate surface area is 169 Å². The summed E-state index contributed by atoms with van der Waals surface area (Å²) in [5, 5.41) is 0. The van der Waals surface area contributed by atoms with Crippen LogP contribution < -0.4 is 10.3 Å². The van der Waals surface area contributed by atoms with Gasteiger partial charge in [0.25, 0.3) is 5.56 Å². The number of hydrogen-bond acceptors (Lipinski definition) is 7. The predicted octanol–water partition coefficient (Wildman–Crippen LogP) is 2.02. The minimum atomic E-state index is -0.0117. The van der Waals surface area contributed by atoms with Crippen LogP contribution in [0, 0.1) is 5.92 Å². The van der Waals surface area contributed by atoms with Crippen molar-refractivity contribution in [3.05, 3.63) is 65.2 Å². The molecular weight excluding hydrogens is 368 g/mol. The average Bonchev–Trinajstić information content (AvgIpc) is 2.77. The van der Waals surface area contributed by atoms with Crippen molar-refractivity contribution < 1.29 is 4.74 Å². The van der Waals surface area contributed by atoms with Crippen LogP contribution in [-0.2, 0) is 13.1 Å². The standard InChI is InChI=1S/C21H24N6O2/c1-29-21-23-9-4-18(25-21)14-26-10-5-16(6-11-26)13-27-15-24-19(12-20(27)28)17-2-7-22-8-3-17/h2-4,7-9,12,15-16H,5-6,10-11,13-14H2,1H3. The largest absolute Gasteiger partial charge is 0.467 e. The van der Waals surface area contributed by atoms with Crippen molar-refractivity contribution in [2.24, 2.45) is 5.92 Å². The molecule has 8 heteroatoms. The molecule has 29 heavy (non-hydrogen) atoms. The predicted molar refractivity (Wildman–Crippen MR) is 108 cm³/mol. The van der Waals surface area contributed by atoms with Crippen molar-refractivity contribution >= 4 is 0 Å². The average molecular weight is 392 g/mol. The fourth-order valence-electron chi connectivity index (χ4n) is 3.64. The highest BCUT2D eigenvalue weighted by Gasteiger charge is 2.20. The zero-order valence-electron chi connectivity index (χ0n) is 16.4. The molecule has 3 aromatic rings. The number of likely N-dealkylation sites (tertiary alicyclic amines) is 1. The third-order valence-electron chi connectivity index (χ3n) is 5.28. The molecule has 0 spiro atoms. The maximum atomic E-state index is 12.5. The Morgan fingerprint density at radius 3 is 2.62 bits per heavy atom. The third kappa shape index (κ3) is 4.83. The van der Waals surface area contributed by atoms with Crippen molar-refractivity contribution in [1.82, 2.24) is 29.4 Å². The summed E-state index contributed by atoms with van der Waals surface area (Å²) >= 11 is 0. The lowest BCUT2D eigenvalue weighted by atomic mass is 9.96. The Morgan fingerprint density at radius 2 is 1.90 bits per heavy atom. The quantitative estimate of drug-likeness (QED) is 0.634. The van der Waals surface area contributed by atoms with Crippen LogP contribution in [-0.4, -0.2) is 49.6 Å². The van der Waals surface area contributed by atoms with E-state index in [0.29, 0.717) is 24.2 Å². The van der Waals surface area contributed by atoms with Crippen LogP contribution in [0.1, 0.15) is 18.5 Å². The maximum absolute atomic E-state index is 12.5. The van der Waals surface area contributed by atoms with Crippen molar-refractivity contribution in [3.63, 3.8) is 0 Å². The van der Waals surface area contributed by atoms with E-state index in [-0.39, 0.29) is 5.56 Å². The van der Waals surface area contributed by atoms with Crippen LogP contribution in [0.2, 0.25) is 0 Å². The summed E-state index contributed by atoms with van der Waals surface area (Å²) in [6.45, 7) is 3.45. The molecule has 0 unspecified atom stereocenters. The lowest BCUT2D eigenvalue weighted by Crippen LogP contribution is -2.36. The van der Waals surface area contributed by atoms with Gasteiger partial charge in [0.2, 0.25) is 0 Å². The summed E-state index contributed by atoms with van der Waals surface area (Å²) in [6, 6.07) is 7.64. The number of rotatable bonds is 6. The van der Waals surface area contributed by atoms with Gasteiger partial charge in [0.05, 0.1) is 24.8 Å². The Bertz CT molecular complexity index is 999. The van der Waals surface area contributed by atoms with Gasteiger partial charge in [-0.3, -0.25) is 19.2 Å². The molecule has 0 N–H and O–H groups in total. The molecular formula is C21H24N6O2. The van der Waals surface area contributed by atoms with Crippen molar-refractivity contribution in [2.75, 3.05) is 20.2 Å². The number of pyridine rings is 1. The molecule has 0 aromatic carbocycles. The Kier molecular flexibility index (Phi) is 5.90. The van der Waals surface area contributed by atoms with Gasteiger partial charge < -0.3 is 4.74 Å². The van der Waals surface area contributed by atoms with Crippen molar-refractivity contribution in [3.8, 4) is 17.3 Å². The third-order valence-corrected chi connectivity index (χ3v) is 5.28. The topological polar surface area (TPSA) is 86.0 Å². The van der Waals surface area contributed by atoms with Crippen molar-refractivity contribution in [1.29, 1.82) is 0 Å². The fraction of sp³-hybridized carbons (Fsp3) is 0.381. The summed E-state index contributed by atoms with van der Waals surface area (Å²) in [5.74, 6) is 0.470. The Hall–Kier alpha value is -3.13. The molecule has 1 fully saturated rings. The highest BCUT2D eigenvalue weighted by Crippen LogP contribution is 2.20. The van der Waals surface area contributed by atoms with E-state index in [1.54, 1.807) is 42.7 Å². The zero-order valence-corrected chi connectivity index (χ0v) is 16.4. The van der Waals surface area contributed by atoms with Crippen LogP contribution in [0.25, 0.3) is 11.3 Å². The summed E-state index contributed by atoms with van der Waals surface area (Å²) in [6.07, 6.45) is 8.88. The number of nitrogens with zero attached hydrogens (tertiary/aromatic N) is 6. The van der Waals surface area contributed by atoms with Gasteiger partial charge in [0.1, 0.15) is 0 Å². The Morgan fingerprint density at radius 1 is 1.10 bits per heavy atom. The maximum Gasteiger partial charge on any atom is 0.316 e. The van der Waals surface area contributed by atoms with Crippen LogP contribution in [0.5, 0.6) is 6.01 Å². The minimum Gasteiger partial charge on any atom is -0.467 e. The molecule has 0 amide bonds. The van der Waals surface area contributed by atoms with E-state index in [2.05, 4.69) is 24.8 Å².